The first kappa shape index (κ1) is 11.4. The van der Waals surface area contributed by atoms with Gasteiger partial charge in [0.25, 0.3) is 5.91 Å². The van der Waals surface area contributed by atoms with E-state index in [1.807, 2.05) is 18.2 Å². The van der Waals surface area contributed by atoms with Crippen molar-refractivity contribution < 1.29 is 9.21 Å². The molecule has 2 aromatic rings. The first-order chi connectivity index (χ1) is 7.58. The minimum atomic E-state index is -0.570. The molecule has 0 atom stereocenters. The second-order valence-electron chi connectivity index (χ2n) is 3.15. The Labute approximate surface area is 109 Å². The molecule has 1 amide bonds. The molecule has 0 saturated heterocycles. The lowest BCUT2D eigenvalue weighted by Gasteiger charge is -2.01. The van der Waals surface area contributed by atoms with Crippen molar-refractivity contribution in [3.63, 3.8) is 0 Å². The van der Waals surface area contributed by atoms with E-state index in [9.17, 15) is 4.79 Å². The molecule has 2 rings (SSSR count). The van der Waals surface area contributed by atoms with E-state index in [2.05, 4.69) is 31.9 Å². The van der Waals surface area contributed by atoms with Crippen LogP contribution in [0.15, 0.2) is 43.7 Å². The second-order valence-corrected chi connectivity index (χ2v) is 4.92. The average Bonchev–Trinajstić information content (AvgIpc) is 2.66. The molecular formula is C11H7Br2NO2. The zero-order chi connectivity index (χ0) is 11.7. The van der Waals surface area contributed by atoms with Gasteiger partial charge in [-0.3, -0.25) is 4.79 Å². The Balaban J connectivity index is 2.46. The number of furan rings is 1. The van der Waals surface area contributed by atoms with Crippen LogP contribution < -0.4 is 5.73 Å². The van der Waals surface area contributed by atoms with Gasteiger partial charge in [0, 0.05) is 14.5 Å². The van der Waals surface area contributed by atoms with E-state index < -0.39 is 5.91 Å². The largest absolute Gasteiger partial charge is 0.451 e. The van der Waals surface area contributed by atoms with Crippen molar-refractivity contribution in [2.45, 2.75) is 0 Å². The average molecular weight is 345 g/mol. The number of carbonyl (C=O) groups excluding carboxylic acids is 1. The van der Waals surface area contributed by atoms with Gasteiger partial charge >= 0.3 is 0 Å². The summed E-state index contributed by atoms with van der Waals surface area (Å²) in [6.07, 6.45) is 0. The summed E-state index contributed by atoms with van der Waals surface area (Å²) >= 11 is 6.79. The van der Waals surface area contributed by atoms with Crippen LogP contribution in [-0.2, 0) is 0 Å². The first-order valence-electron chi connectivity index (χ1n) is 4.43. The molecule has 16 heavy (non-hydrogen) atoms. The zero-order valence-corrected chi connectivity index (χ0v) is 11.2. The molecule has 0 aliphatic rings. The molecule has 0 spiro atoms. The van der Waals surface area contributed by atoms with E-state index in [0.717, 1.165) is 14.5 Å². The summed E-state index contributed by atoms with van der Waals surface area (Å²) in [5.41, 5.74) is 5.99. The van der Waals surface area contributed by atoms with Crippen LogP contribution in [-0.4, -0.2) is 5.91 Å². The van der Waals surface area contributed by atoms with E-state index in [1.165, 1.54) is 0 Å². The SMILES string of the molecule is NC(=O)c1ccc(-c2ccc(Br)cc2Br)o1. The second kappa shape index (κ2) is 4.43. The Kier molecular flexibility index (Phi) is 3.16. The molecule has 0 radical (unpaired) electrons. The smallest absolute Gasteiger partial charge is 0.284 e. The van der Waals surface area contributed by atoms with Crippen molar-refractivity contribution in [1.82, 2.24) is 0 Å². The van der Waals surface area contributed by atoms with Gasteiger partial charge in [0.15, 0.2) is 5.76 Å². The van der Waals surface area contributed by atoms with E-state index in [4.69, 9.17) is 10.2 Å². The number of rotatable bonds is 2. The van der Waals surface area contributed by atoms with Crippen LogP contribution in [0.5, 0.6) is 0 Å². The Morgan fingerprint density at radius 3 is 2.50 bits per heavy atom. The molecule has 1 aromatic carbocycles. The highest BCUT2D eigenvalue weighted by Crippen LogP contribution is 2.31. The summed E-state index contributed by atoms with van der Waals surface area (Å²) in [6.45, 7) is 0. The maximum Gasteiger partial charge on any atom is 0.284 e. The minimum Gasteiger partial charge on any atom is -0.451 e. The lowest BCUT2D eigenvalue weighted by atomic mass is 10.2. The van der Waals surface area contributed by atoms with Crippen molar-refractivity contribution in [2.75, 3.05) is 0 Å². The summed E-state index contributed by atoms with van der Waals surface area (Å²) in [7, 11) is 0. The van der Waals surface area contributed by atoms with Crippen molar-refractivity contribution in [3.8, 4) is 11.3 Å². The van der Waals surface area contributed by atoms with E-state index in [0.29, 0.717) is 5.76 Å². The summed E-state index contributed by atoms with van der Waals surface area (Å²) in [4.78, 5) is 10.9. The van der Waals surface area contributed by atoms with Gasteiger partial charge in [-0.2, -0.15) is 0 Å². The maximum absolute atomic E-state index is 10.9. The van der Waals surface area contributed by atoms with Gasteiger partial charge in [-0.15, -0.1) is 0 Å². The van der Waals surface area contributed by atoms with Gasteiger partial charge in [0.05, 0.1) is 0 Å². The summed E-state index contributed by atoms with van der Waals surface area (Å²) < 4.78 is 7.18. The molecule has 1 heterocycles. The highest BCUT2D eigenvalue weighted by Gasteiger charge is 2.11. The predicted octanol–water partition coefficient (Wildman–Crippen LogP) is 3.57. The third kappa shape index (κ3) is 2.20. The molecule has 0 fully saturated rings. The van der Waals surface area contributed by atoms with Crippen molar-refractivity contribution in [2.24, 2.45) is 5.73 Å². The number of hydrogen-bond acceptors (Lipinski definition) is 2. The monoisotopic (exact) mass is 343 g/mol. The number of nitrogens with two attached hydrogens (primary N) is 1. The van der Waals surface area contributed by atoms with Gasteiger partial charge in [0.1, 0.15) is 5.76 Å². The molecule has 2 N–H and O–H groups in total. The van der Waals surface area contributed by atoms with Crippen LogP contribution in [0.25, 0.3) is 11.3 Å². The molecule has 0 aliphatic heterocycles. The maximum atomic E-state index is 10.9. The third-order valence-corrected chi connectivity index (χ3v) is 3.19. The highest BCUT2D eigenvalue weighted by atomic mass is 79.9. The summed E-state index contributed by atoms with van der Waals surface area (Å²) in [5, 5.41) is 0. The highest BCUT2D eigenvalue weighted by molar-refractivity contribution is 9.11. The molecule has 0 bridgehead atoms. The van der Waals surface area contributed by atoms with Crippen LogP contribution >= 0.6 is 31.9 Å². The fourth-order valence-corrected chi connectivity index (χ4v) is 2.55. The normalized spacial score (nSPS) is 10.4. The van der Waals surface area contributed by atoms with Crippen molar-refractivity contribution in [3.05, 3.63) is 45.0 Å². The van der Waals surface area contributed by atoms with Crippen molar-refractivity contribution >= 4 is 37.8 Å². The molecule has 82 valence electrons. The van der Waals surface area contributed by atoms with Crippen LogP contribution in [0, 0.1) is 0 Å². The topological polar surface area (TPSA) is 56.2 Å². The molecule has 0 aliphatic carbocycles. The lowest BCUT2D eigenvalue weighted by Crippen LogP contribution is -2.09. The third-order valence-electron chi connectivity index (χ3n) is 2.05. The number of hydrogen-bond donors (Lipinski definition) is 1. The molecule has 3 nitrogen and oxygen atoms in total. The summed E-state index contributed by atoms with van der Waals surface area (Å²) in [6, 6.07) is 8.96. The minimum absolute atomic E-state index is 0.157. The standard InChI is InChI=1S/C11H7Br2NO2/c12-6-1-2-7(8(13)5-6)9-3-4-10(16-9)11(14)15/h1-5H,(H2,14,15). The summed E-state index contributed by atoms with van der Waals surface area (Å²) in [5.74, 6) is 0.192. The molecule has 1 aromatic heterocycles. The van der Waals surface area contributed by atoms with E-state index >= 15 is 0 Å². The number of carbonyl (C=O) groups is 1. The molecule has 0 saturated carbocycles. The Morgan fingerprint density at radius 1 is 1.19 bits per heavy atom. The Bertz CT molecular complexity index is 549. The quantitative estimate of drug-likeness (QED) is 0.905. The zero-order valence-electron chi connectivity index (χ0n) is 8.04. The van der Waals surface area contributed by atoms with Crippen LogP contribution in [0.3, 0.4) is 0 Å². The van der Waals surface area contributed by atoms with Crippen LogP contribution in [0.1, 0.15) is 10.6 Å². The van der Waals surface area contributed by atoms with Gasteiger partial charge in [-0.05, 0) is 46.3 Å². The Morgan fingerprint density at radius 2 is 1.94 bits per heavy atom. The van der Waals surface area contributed by atoms with Gasteiger partial charge in [-0.1, -0.05) is 15.9 Å². The van der Waals surface area contributed by atoms with Crippen LogP contribution in [0.4, 0.5) is 0 Å². The predicted molar refractivity (Wildman–Crippen MR) is 68.1 cm³/mol. The first-order valence-corrected chi connectivity index (χ1v) is 6.01. The van der Waals surface area contributed by atoms with Crippen molar-refractivity contribution in [1.29, 1.82) is 0 Å². The van der Waals surface area contributed by atoms with Crippen LogP contribution in [0.2, 0.25) is 0 Å². The van der Waals surface area contributed by atoms with E-state index in [1.54, 1.807) is 12.1 Å². The molecular weight excluding hydrogens is 338 g/mol. The van der Waals surface area contributed by atoms with Gasteiger partial charge in [-0.25, -0.2) is 0 Å². The van der Waals surface area contributed by atoms with Gasteiger partial charge in [0.2, 0.25) is 0 Å². The van der Waals surface area contributed by atoms with Gasteiger partial charge < -0.3 is 10.2 Å². The Hall–Kier alpha value is -1.07. The lowest BCUT2D eigenvalue weighted by molar-refractivity contribution is 0.0974. The van der Waals surface area contributed by atoms with E-state index in [-0.39, 0.29) is 5.76 Å². The number of halogens is 2. The number of benzene rings is 1. The fourth-order valence-electron chi connectivity index (χ4n) is 1.30. The molecule has 5 heteroatoms. The molecule has 0 unspecified atom stereocenters. The number of amides is 1. The number of primary amides is 1. The fraction of sp³-hybridized carbons (Fsp3) is 0.